The molecule has 1 aliphatic rings. The molecule has 1 saturated heterocycles. The Morgan fingerprint density at radius 3 is 2.53 bits per heavy atom. The maximum absolute atomic E-state index is 14.3. The van der Waals surface area contributed by atoms with Gasteiger partial charge >= 0.3 is 5.63 Å². The van der Waals surface area contributed by atoms with Gasteiger partial charge in [0.15, 0.2) is 5.65 Å². The third-order valence-corrected chi connectivity index (χ3v) is 9.18. The molecule has 6 aromatic rings. The third kappa shape index (κ3) is 5.66. The number of benzene rings is 2. The first-order valence-electron chi connectivity index (χ1n) is 14.5. The van der Waals surface area contributed by atoms with Crippen molar-refractivity contribution in [1.82, 2.24) is 29.5 Å². The zero-order valence-corrected chi connectivity index (χ0v) is 25.0. The van der Waals surface area contributed by atoms with Crippen molar-refractivity contribution < 1.29 is 19.0 Å². The summed E-state index contributed by atoms with van der Waals surface area (Å²) >= 11 is 1.65. The number of halogens is 1. The van der Waals surface area contributed by atoms with Gasteiger partial charge in [0.05, 0.1) is 17.4 Å². The molecule has 45 heavy (non-hydrogen) atoms. The molecule has 4 aromatic heterocycles. The number of nitrogens with two attached hydrogens (primary N) is 1. The maximum Gasteiger partial charge on any atom is 0.343 e. The second-order valence-corrected chi connectivity index (χ2v) is 12.2. The first kappa shape index (κ1) is 29.0. The summed E-state index contributed by atoms with van der Waals surface area (Å²) < 4.78 is 21.8. The summed E-state index contributed by atoms with van der Waals surface area (Å²) in [5, 5.41) is 25.7. The van der Waals surface area contributed by atoms with Crippen LogP contribution < -0.4 is 11.4 Å². The first-order chi connectivity index (χ1) is 21.9. The van der Waals surface area contributed by atoms with Crippen LogP contribution >= 0.6 is 11.3 Å². The number of β-amino-alcohol motifs (C(OH)–C–C–N with tert-alkyl or cyclic N) is 1. The van der Waals surface area contributed by atoms with Crippen LogP contribution in [0.1, 0.15) is 10.6 Å². The number of aromatic nitrogens is 4. The number of aromatic hydroxyl groups is 1. The fraction of sp³-hybridized carbons (Fsp3) is 0.250. The lowest BCUT2D eigenvalue weighted by Crippen LogP contribution is -2.46. The zero-order chi connectivity index (χ0) is 31.1. The number of aliphatic hydroxyl groups is 1. The second kappa shape index (κ2) is 12.0. The SMILES string of the molecule is Nc1ncnc2c1c(-c1cc(O)cc(F)c1)nn2Cc1oc(=O)c2ccccc2c1-c1ccc(CN2CCN(CCO)CC2)s1. The highest BCUT2D eigenvalue weighted by atomic mass is 32.1. The number of hydrogen-bond donors (Lipinski definition) is 3. The Morgan fingerprint density at radius 2 is 1.76 bits per heavy atom. The number of phenolic OH excluding ortho intramolecular Hbond substituents is 1. The van der Waals surface area contributed by atoms with Gasteiger partial charge in [-0.15, -0.1) is 11.3 Å². The first-order valence-corrected chi connectivity index (χ1v) is 15.4. The van der Waals surface area contributed by atoms with Crippen LogP contribution in [-0.4, -0.2) is 79.1 Å². The molecule has 0 spiro atoms. The number of aliphatic hydroxyl groups excluding tert-OH is 1. The molecule has 0 atom stereocenters. The van der Waals surface area contributed by atoms with E-state index in [9.17, 15) is 19.4 Å². The fourth-order valence-corrected chi connectivity index (χ4v) is 7.08. The Morgan fingerprint density at radius 1 is 0.978 bits per heavy atom. The number of thiophene rings is 1. The minimum atomic E-state index is -0.633. The summed E-state index contributed by atoms with van der Waals surface area (Å²) in [7, 11) is 0. The van der Waals surface area contributed by atoms with E-state index in [1.165, 1.54) is 23.3 Å². The van der Waals surface area contributed by atoms with Gasteiger partial charge in [-0.1, -0.05) is 18.2 Å². The van der Waals surface area contributed by atoms with Crippen LogP contribution in [0.2, 0.25) is 0 Å². The van der Waals surface area contributed by atoms with Crippen molar-refractivity contribution in [2.24, 2.45) is 0 Å². The van der Waals surface area contributed by atoms with Crippen LogP contribution in [0.4, 0.5) is 10.2 Å². The van der Waals surface area contributed by atoms with Gasteiger partial charge in [0.25, 0.3) is 0 Å². The lowest BCUT2D eigenvalue weighted by Gasteiger charge is -2.34. The highest BCUT2D eigenvalue weighted by Crippen LogP contribution is 2.38. The minimum Gasteiger partial charge on any atom is -0.508 e. The molecule has 1 aliphatic heterocycles. The lowest BCUT2D eigenvalue weighted by atomic mass is 10.0. The molecule has 1 fully saturated rings. The average Bonchev–Trinajstić information content (AvgIpc) is 3.63. The third-order valence-electron chi connectivity index (χ3n) is 8.09. The quantitative estimate of drug-likeness (QED) is 0.227. The molecule has 2 aromatic carbocycles. The number of piperazine rings is 1. The molecule has 0 aliphatic carbocycles. The van der Waals surface area contributed by atoms with Crippen LogP contribution in [0.3, 0.4) is 0 Å². The largest absolute Gasteiger partial charge is 0.508 e. The Labute approximate surface area is 260 Å². The van der Waals surface area contributed by atoms with Crippen molar-refractivity contribution in [3.63, 3.8) is 0 Å². The van der Waals surface area contributed by atoms with Crippen LogP contribution in [0.5, 0.6) is 5.75 Å². The van der Waals surface area contributed by atoms with Gasteiger partial charge in [0.2, 0.25) is 0 Å². The van der Waals surface area contributed by atoms with Crippen LogP contribution in [-0.2, 0) is 13.1 Å². The van der Waals surface area contributed by atoms with Gasteiger partial charge in [0, 0.05) is 71.6 Å². The molecule has 230 valence electrons. The van der Waals surface area contributed by atoms with E-state index in [4.69, 9.17) is 15.2 Å². The van der Waals surface area contributed by atoms with E-state index in [1.54, 1.807) is 28.2 Å². The second-order valence-electron chi connectivity index (χ2n) is 11.0. The van der Waals surface area contributed by atoms with Crippen molar-refractivity contribution in [1.29, 1.82) is 0 Å². The monoisotopic (exact) mass is 627 g/mol. The summed E-state index contributed by atoms with van der Waals surface area (Å²) in [5.41, 5.74) is 7.53. The number of nitrogen functional groups attached to an aromatic ring is 1. The van der Waals surface area contributed by atoms with Crippen molar-refractivity contribution >= 4 is 39.0 Å². The predicted molar refractivity (Wildman–Crippen MR) is 170 cm³/mol. The summed E-state index contributed by atoms with van der Waals surface area (Å²) in [6.07, 6.45) is 1.31. The molecular formula is C32H30FN7O4S. The van der Waals surface area contributed by atoms with E-state index in [-0.39, 0.29) is 24.7 Å². The van der Waals surface area contributed by atoms with Crippen molar-refractivity contribution in [2.45, 2.75) is 13.1 Å². The Kier molecular flexibility index (Phi) is 7.75. The summed E-state index contributed by atoms with van der Waals surface area (Å²) in [5.74, 6) is -0.358. The minimum absolute atomic E-state index is 0.0315. The normalized spacial score (nSPS) is 14.5. The number of rotatable bonds is 8. The maximum atomic E-state index is 14.3. The number of fused-ring (bicyclic) bond motifs is 2. The van der Waals surface area contributed by atoms with Gasteiger partial charge in [-0.05, 0) is 30.3 Å². The Hall–Kier alpha value is -4.69. The molecule has 7 rings (SSSR count). The van der Waals surface area contributed by atoms with Crippen LogP contribution in [0.25, 0.3) is 43.5 Å². The summed E-state index contributed by atoms with van der Waals surface area (Å²) in [6, 6.07) is 15.2. The molecule has 0 amide bonds. The molecule has 11 nitrogen and oxygen atoms in total. The molecular weight excluding hydrogens is 597 g/mol. The van der Waals surface area contributed by atoms with Gasteiger partial charge < -0.3 is 20.4 Å². The summed E-state index contributed by atoms with van der Waals surface area (Å²) in [4.78, 5) is 28.5. The molecule has 5 heterocycles. The van der Waals surface area contributed by atoms with E-state index in [2.05, 4.69) is 31.9 Å². The molecule has 0 saturated carbocycles. The Balaban J connectivity index is 1.30. The topological polar surface area (TPSA) is 147 Å². The molecule has 0 radical (unpaired) electrons. The van der Waals surface area contributed by atoms with Gasteiger partial charge in [-0.2, -0.15) is 5.10 Å². The fourth-order valence-electron chi connectivity index (χ4n) is 5.95. The Bertz CT molecular complexity index is 2060. The van der Waals surface area contributed by atoms with E-state index in [1.807, 2.05) is 12.1 Å². The van der Waals surface area contributed by atoms with Gasteiger partial charge in [-0.25, -0.2) is 23.8 Å². The van der Waals surface area contributed by atoms with Crippen LogP contribution in [0, 0.1) is 5.82 Å². The molecule has 4 N–H and O–H groups in total. The highest BCUT2D eigenvalue weighted by molar-refractivity contribution is 7.15. The van der Waals surface area contributed by atoms with E-state index < -0.39 is 11.4 Å². The standard InChI is InChI=1S/C32H30FN7O4S/c33-20-13-19(14-21(42)15-20)29-28-30(34)35-18-36-31(28)40(37-29)17-25-27(23-3-1-2-4-24(23)32(43)44-25)26-6-5-22(45-26)16-39-9-7-38(8-10-39)11-12-41/h1-6,13-15,18,41-42H,7-12,16-17H2,(H2,34,35,36). The molecule has 0 unspecified atom stereocenters. The van der Waals surface area contributed by atoms with E-state index in [0.717, 1.165) is 54.6 Å². The predicted octanol–water partition coefficient (Wildman–Crippen LogP) is 3.91. The van der Waals surface area contributed by atoms with Crippen molar-refractivity contribution in [3.8, 4) is 27.4 Å². The molecule has 0 bridgehead atoms. The van der Waals surface area contributed by atoms with Gasteiger partial charge in [-0.3, -0.25) is 9.80 Å². The zero-order valence-electron chi connectivity index (χ0n) is 24.2. The number of phenols is 1. The number of anilines is 1. The van der Waals surface area contributed by atoms with Crippen molar-refractivity contribution in [2.75, 3.05) is 45.1 Å². The number of nitrogens with zero attached hydrogens (tertiary/aromatic N) is 6. The van der Waals surface area contributed by atoms with E-state index >= 15 is 0 Å². The average molecular weight is 628 g/mol. The number of hydrogen-bond acceptors (Lipinski definition) is 11. The molecule has 13 heteroatoms. The van der Waals surface area contributed by atoms with Crippen molar-refractivity contribution in [3.05, 3.63) is 87.8 Å². The van der Waals surface area contributed by atoms with Crippen LogP contribution in [0.15, 0.2) is 70.1 Å². The van der Waals surface area contributed by atoms with Gasteiger partial charge in [0.1, 0.15) is 41.7 Å². The lowest BCUT2D eigenvalue weighted by molar-refractivity contribution is 0.109. The highest BCUT2D eigenvalue weighted by Gasteiger charge is 2.23. The summed E-state index contributed by atoms with van der Waals surface area (Å²) in [6.45, 7) is 5.37. The van der Waals surface area contributed by atoms with E-state index in [0.29, 0.717) is 40.0 Å². The smallest absolute Gasteiger partial charge is 0.343 e.